The summed E-state index contributed by atoms with van der Waals surface area (Å²) >= 11 is 0. The Morgan fingerprint density at radius 1 is 1.12 bits per heavy atom. The van der Waals surface area contributed by atoms with Crippen molar-refractivity contribution in [3.63, 3.8) is 0 Å². The second-order valence-corrected chi connectivity index (χ2v) is 5.32. The third kappa shape index (κ3) is 2.03. The van der Waals surface area contributed by atoms with Crippen LogP contribution in [0.2, 0.25) is 0 Å². The quantitative estimate of drug-likeness (QED) is 0.850. The van der Waals surface area contributed by atoms with Crippen LogP contribution in [0.3, 0.4) is 0 Å². The Labute approximate surface area is 97.3 Å². The van der Waals surface area contributed by atoms with Gasteiger partial charge in [-0.25, -0.2) is 0 Å². The molecule has 0 amide bonds. The first-order valence-electron chi connectivity index (χ1n) is 5.53. The summed E-state index contributed by atoms with van der Waals surface area (Å²) in [5.74, 6) is -0.133. The predicted octanol–water partition coefficient (Wildman–Crippen LogP) is 2.55. The second kappa shape index (κ2) is 4.38. The Bertz CT molecular complexity index is 362. The van der Waals surface area contributed by atoms with Gasteiger partial charge in [-0.1, -0.05) is 51.1 Å². The average molecular weight is 220 g/mol. The number of hydrogen-bond acceptors (Lipinski definition) is 2. The SMILES string of the molecule is CC(C)(C)C(C)(C(=O)CO)c1ccccc1. The molecule has 0 fully saturated rings. The van der Waals surface area contributed by atoms with Crippen LogP contribution in [-0.4, -0.2) is 17.5 Å². The monoisotopic (exact) mass is 220 g/mol. The molecule has 1 rings (SSSR count). The van der Waals surface area contributed by atoms with E-state index in [4.69, 9.17) is 5.11 Å². The fourth-order valence-electron chi connectivity index (χ4n) is 1.94. The van der Waals surface area contributed by atoms with E-state index in [0.717, 1.165) is 5.56 Å². The van der Waals surface area contributed by atoms with Crippen molar-refractivity contribution in [1.29, 1.82) is 0 Å². The summed E-state index contributed by atoms with van der Waals surface area (Å²) in [7, 11) is 0. The van der Waals surface area contributed by atoms with E-state index in [1.165, 1.54) is 0 Å². The molecular weight excluding hydrogens is 200 g/mol. The molecule has 1 unspecified atom stereocenters. The van der Waals surface area contributed by atoms with Gasteiger partial charge in [0.2, 0.25) is 0 Å². The number of ketones is 1. The highest BCUT2D eigenvalue weighted by Crippen LogP contribution is 2.41. The summed E-state index contributed by atoms with van der Waals surface area (Å²) in [4.78, 5) is 12.0. The highest BCUT2D eigenvalue weighted by atomic mass is 16.3. The van der Waals surface area contributed by atoms with Crippen LogP contribution in [0, 0.1) is 5.41 Å². The molecule has 0 spiro atoms. The Morgan fingerprint density at radius 3 is 2.00 bits per heavy atom. The smallest absolute Gasteiger partial charge is 0.168 e. The van der Waals surface area contributed by atoms with E-state index in [2.05, 4.69) is 0 Å². The van der Waals surface area contributed by atoms with E-state index in [1.807, 2.05) is 58.0 Å². The van der Waals surface area contributed by atoms with Crippen LogP contribution in [0.1, 0.15) is 33.3 Å². The zero-order chi connectivity index (χ0) is 12.4. The van der Waals surface area contributed by atoms with Gasteiger partial charge in [0.1, 0.15) is 6.61 Å². The first-order valence-corrected chi connectivity index (χ1v) is 5.53. The van der Waals surface area contributed by atoms with E-state index >= 15 is 0 Å². The molecule has 0 saturated carbocycles. The van der Waals surface area contributed by atoms with Crippen LogP contribution in [0.4, 0.5) is 0 Å². The summed E-state index contributed by atoms with van der Waals surface area (Å²) in [6, 6.07) is 9.65. The molecule has 1 N–H and O–H groups in total. The molecule has 0 saturated heterocycles. The van der Waals surface area contributed by atoms with Gasteiger partial charge in [0.15, 0.2) is 5.78 Å². The van der Waals surface area contributed by atoms with Gasteiger partial charge >= 0.3 is 0 Å². The standard InChI is InChI=1S/C14H20O2/c1-13(2,3)14(4,12(16)10-15)11-8-6-5-7-9-11/h5-9,15H,10H2,1-4H3. The van der Waals surface area contributed by atoms with E-state index < -0.39 is 12.0 Å². The number of Topliss-reactive ketones (excluding diaryl/α,β-unsaturated/α-hetero) is 1. The van der Waals surface area contributed by atoms with Crippen molar-refractivity contribution in [1.82, 2.24) is 0 Å². The van der Waals surface area contributed by atoms with E-state index in [1.54, 1.807) is 0 Å². The first kappa shape index (κ1) is 12.9. The minimum atomic E-state index is -0.650. The summed E-state index contributed by atoms with van der Waals surface area (Å²) in [6.07, 6.45) is 0. The van der Waals surface area contributed by atoms with Crippen LogP contribution in [0.15, 0.2) is 30.3 Å². The molecule has 2 nitrogen and oxygen atoms in total. The molecule has 0 aliphatic rings. The zero-order valence-corrected chi connectivity index (χ0v) is 10.4. The lowest BCUT2D eigenvalue weighted by molar-refractivity contribution is -0.130. The van der Waals surface area contributed by atoms with Crippen molar-refractivity contribution >= 4 is 5.78 Å². The van der Waals surface area contributed by atoms with Crippen LogP contribution < -0.4 is 0 Å². The number of rotatable bonds is 3. The largest absolute Gasteiger partial charge is 0.389 e. The van der Waals surface area contributed by atoms with Gasteiger partial charge in [0.25, 0.3) is 0 Å². The zero-order valence-electron chi connectivity index (χ0n) is 10.4. The highest BCUT2D eigenvalue weighted by Gasteiger charge is 2.44. The van der Waals surface area contributed by atoms with Gasteiger partial charge in [-0.3, -0.25) is 4.79 Å². The Hall–Kier alpha value is -1.15. The molecule has 0 radical (unpaired) electrons. The lowest BCUT2D eigenvalue weighted by Crippen LogP contribution is -2.46. The average Bonchev–Trinajstić information content (AvgIpc) is 2.26. The highest BCUT2D eigenvalue weighted by molar-refractivity contribution is 5.91. The second-order valence-electron chi connectivity index (χ2n) is 5.32. The molecule has 0 aromatic heterocycles. The molecule has 88 valence electrons. The number of aliphatic hydroxyl groups is 1. The number of carbonyl (C=O) groups excluding carboxylic acids is 1. The fourth-order valence-corrected chi connectivity index (χ4v) is 1.94. The summed E-state index contributed by atoms with van der Waals surface area (Å²) in [5.41, 5.74) is 0.0820. The molecule has 16 heavy (non-hydrogen) atoms. The molecule has 1 aromatic rings. The lowest BCUT2D eigenvalue weighted by Gasteiger charge is -2.40. The van der Waals surface area contributed by atoms with Crippen LogP contribution in [0.5, 0.6) is 0 Å². The number of benzene rings is 1. The maximum atomic E-state index is 12.0. The third-order valence-electron chi connectivity index (χ3n) is 3.55. The van der Waals surface area contributed by atoms with Crippen molar-refractivity contribution < 1.29 is 9.90 Å². The van der Waals surface area contributed by atoms with Gasteiger partial charge in [0, 0.05) is 0 Å². The van der Waals surface area contributed by atoms with Gasteiger partial charge in [-0.2, -0.15) is 0 Å². The Kier molecular flexibility index (Phi) is 3.54. The molecule has 2 heteroatoms. The van der Waals surface area contributed by atoms with Gasteiger partial charge in [0.05, 0.1) is 5.41 Å². The fraction of sp³-hybridized carbons (Fsp3) is 0.500. The number of carbonyl (C=O) groups is 1. The molecular formula is C14H20O2. The van der Waals surface area contributed by atoms with Crippen molar-refractivity contribution in [2.24, 2.45) is 5.41 Å². The molecule has 1 atom stereocenters. The van der Waals surface area contributed by atoms with E-state index in [0.29, 0.717) is 0 Å². The first-order chi connectivity index (χ1) is 7.34. The van der Waals surface area contributed by atoms with Crippen LogP contribution in [0.25, 0.3) is 0 Å². The van der Waals surface area contributed by atoms with Crippen molar-refractivity contribution in [2.45, 2.75) is 33.1 Å². The number of hydrogen-bond donors (Lipinski definition) is 1. The van der Waals surface area contributed by atoms with Gasteiger partial charge in [-0.05, 0) is 17.9 Å². The molecule has 0 bridgehead atoms. The van der Waals surface area contributed by atoms with Gasteiger partial charge in [-0.15, -0.1) is 0 Å². The Morgan fingerprint density at radius 2 is 1.62 bits per heavy atom. The summed E-state index contributed by atoms with van der Waals surface area (Å²) in [6.45, 7) is 7.55. The topological polar surface area (TPSA) is 37.3 Å². The van der Waals surface area contributed by atoms with Crippen molar-refractivity contribution in [2.75, 3.05) is 6.61 Å². The maximum Gasteiger partial charge on any atom is 0.168 e. The van der Waals surface area contributed by atoms with Crippen LogP contribution >= 0.6 is 0 Å². The molecule has 0 aliphatic heterocycles. The normalized spacial score (nSPS) is 15.6. The molecule has 0 aliphatic carbocycles. The predicted molar refractivity (Wildman–Crippen MR) is 65.3 cm³/mol. The third-order valence-corrected chi connectivity index (χ3v) is 3.55. The van der Waals surface area contributed by atoms with Gasteiger partial charge < -0.3 is 5.11 Å². The minimum Gasteiger partial charge on any atom is -0.389 e. The maximum absolute atomic E-state index is 12.0. The summed E-state index contributed by atoms with van der Waals surface area (Å²) in [5, 5.41) is 9.15. The summed E-state index contributed by atoms with van der Waals surface area (Å²) < 4.78 is 0. The van der Waals surface area contributed by atoms with E-state index in [9.17, 15) is 4.79 Å². The Balaban J connectivity index is 3.32. The van der Waals surface area contributed by atoms with E-state index in [-0.39, 0.29) is 11.2 Å². The lowest BCUT2D eigenvalue weighted by atomic mass is 9.62. The molecule has 0 heterocycles. The minimum absolute atomic E-state index is 0.133. The molecule has 1 aromatic carbocycles. The number of aliphatic hydroxyl groups excluding tert-OH is 1. The van der Waals surface area contributed by atoms with Crippen molar-refractivity contribution in [3.05, 3.63) is 35.9 Å². The van der Waals surface area contributed by atoms with Crippen LogP contribution in [-0.2, 0) is 10.2 Å². The van der Waals surface area contributed by atoms with Crippen molar-refractivity contribution in [3.8, 4) is 0 Å².